The molecule has 3 heterocycles. The van der Waals surface area contributed by atoms with Gasteiger partial charge in [0.15, 0.2) is 0 Å². The third-order valence-electron chi connectivity index (χ3n) is 5.35. The van der Waals surface area contributed by atoms with E-state index in [2.05, 4.69) is 6.92 Å². The molecule has 0 N–H and O–H groups in total. The molecule has 2 fully saturated rings. The van der Waals surface area contributed by atoms with E-state index in [-0.39, 0.29) is 17.9 Å². The molecule has 5 nitrogen and oxygen atoms in total. The summed E-state index contributed by atoms with van der Waals surface area (Å²) in [5.74, 6) is 0.137. The first-order valence-electron chi connectivity index (χ1n) is 9.48. The molecule has 27 heavy (non-hydrogen) atoms. The number of benzene rings is 1. The maximum atomic E-state index is 13.1. The van der Waals surface area contributed by atoms with E-state index in [1.54, 1.807) is 11.3 Å². The fourth-order valence-corrected chi connectivity index (χ4v) is 4.71. The van der Waals surface area contributed by atoms with Crippen LogP contribution in [0.2, 0.25) is 0 Å². The number of nitrogens with zero attached hydrogens (tertiary/aromatic N) is 2. The van der Waals surface area contributed by atoms with Crippen molar-refractivity contribution in [1.82, 2.24) is 9.80 Å². The highest BCUT2D eigenvalue weighted by molar-refractivity contribution is 7.10. The lowest BCUT2D eigenvalue weighted by molar-refractivity contribution is -0.142. The highest BCUT2D eigenvalue weighted by Gasteiger charge is 2.32. The van der Waals surface area contributed by atoms with Crippen LogP contribution in [-0.2, 0) is 9.53 Å². The topological polar surface area (TPSA) is 49.9 Å². The number of hydrogen-bond acceptors (Lipinski definition) is 4. The van der Waals surface area contributed by atoms with Crippen molar-refractivity contribution in [1.29, 1.82) is 0 Å². The van der Waals surface area contributed by atoms with Crippen molar-refractivity contribution >= 4 is 23.2 Å². The van der Waals surface area contributed by atoms with E-state index in [1.807, 2.05) is 45.5 Å². The lowest BCUT2D eigenvalue weighted by atomic mass is 10.0. The van der Waals surface area contributed by atoms with E-state index in [9.17, 15) is 9.59 Å². The summed E-state index contributed by atoms with van der Waals surface area (Å²) in [5.41, 5.74) is 2.87. The third kappa shape index (κ3) is 3.64. The molecule has 1 atom stereocenters. The van der Waals surface area contributed by atoms with Crippen LogP contribution in [0.25, 0.3) is 11.1 Å². The molecule has 1 aromatic carbocycles. The smallest absolute Gasteiger partial charge is 0.255 e. The number of piperazine rings is 1. The molecule has 6 heteroatoms. The minimum Gasteiger partial charge on any atom is -0.368 e. The molecule has 0 radical (unpaired) electrons. The van der Waals surface area contributed by atoms with Crippen LogP contribution >= 0.6 is 11.3 Å². The van der Waals surface area contributed by atoms with Crippen LogP contribution in [0, 0.1) is 6.92 Å². The van der Waals surface area contributed by atoms with Crippen molar-refractivity contribution in [3.63, 3.8) is 0 Å². The number of thiophene rings is 1. The van der Waals surface area contributed by atoms with Crippen molar-refractivity contribution < 1.29 is 14.3 Å². The van der Waals surface area contributed by atoms with Crippen molar-refractivity contribution in [2.45, 2.75) is 25.9 Å². The molecule has 0 unspecified atom stereocenters. The Hall–Kier alpha value is -2.18. The first-order valence-corrected chi connectivity index (χ1v) is 10.4. The average molecular weight is 385 g/mol. The van der Waals surface area contributed by atoms with Gasteiger partial charge in [-0.3, -0.25) is 9.59 Å². The Balaban J connectivity index is 1.45. The maximum absolute atomic E-state index is 13.1. The molecule has 1 aromatic heterocycles. The zero-order chi connectivity index (χ0) is 18.8. The normalized spacial score (nSPS) is 20.1. The Kier molecular flexibility index (Phi) is 5.27. The molecule has 0 spiro atoms. The van der Waals surface area contributed by atoms with Gasteiger partial charge in [-0.15, -0.1) is 11.3 Å². The lowest BCUT2D eigenvalue weighted by Crippen LogP contribution is -2.52. The average Bonchev–Trinajstić information content (AvgIpc) is 3.37. The second-order valence-corrected chi connectivity index (χ2v) is 8.15. The van der Waals surface area contributed by atoms with Gasteiger partial charge in [0, 0.05) is 48.6 Å². The van der Waals surface area contributed by atoms with Crippen molar-refractivity contribution in [3.05, 3.63) is 46.2 Å². The van der Waals surface area contributed by atoms with Crippen molar-refractivity contribution in [3.8, 4) is 11.1 Å². The van der Waals surface area contributed by atoms with Crippen LogP contribution < -0.4 is 0 Å². The largest absolute Gasteiger partial charge is 0.368 e. The second-order valence-electron chi connectivity index (χ2n) is 7.07. The number of carbonyl (C=O) groups excluding carboxylic acids is 2. The zero-order valence-electron chi connectivity index (χ0n) is 15.5. The quantitative estimate of drug-likeness (QED) is 0.817. The van der Waals surface area contributed by atoms with Crippen LogP contribution in [0.15, 0.2) is 35.7 Å². The number of aryl methyl sites for hydroxylation is 1. The molecule has 2 aliphatic rings. The van der Waals surface area contributed by atoms with E-state index in [0.29, 0.717) is 32.8 Å². The minimum absolute atomic E-state index is 0.0578. The summed E-state index contributed by atoms with van der Waals surface area (Å²) in [6.07, 6.45) is 1.48. The van der Waals surface area contributed by atoms with Crippen LogP contribution in [0.4, 0.5) is 0 Å². The summed E-state index contributed by atoms with van der Waals surface area (Å²) in [4.78, 5) is 30.5. The van der Waals surface area contributed by atoms with Gasteiger partial charge in [0.05, 0.1) is 5.56 Å². The Morgan fingerprint density at radius 2 is 1.78 bits per heavy atom. The molecule has 142 valence electrons. The Labute approximate surface area is 163 Å². The fourth-order valence-electron chi connectivity index (χ4n) is 3.85. The van der Waals surface area contributed by atoms with Gasteiger partial charge in [-0.25, -0.2) is 0 Å². The number of ether oxygens (including phenoxy) is 1. The van der Waals surface area contributed by atoms with Crippen LogP contribution in [0.3, 0.4) is 0 Å². The Morgan fingerprint density at radius 1 is 1.07 bits per heavy atom. The number of carbonyl (C=O) groups is 2. The maximum Gasteiger partial charge on any atom is 0.255 e. The number of rotatable bonds is 3. The van der Waals surface area contributed by atoms with Gasteiger partial charge in [-0.1, -0.05) is 30.3 Å². The molecular formula is C21H24N2O3S. The van der Waals surface area contributed by atoms with E-state index < -0.39 is 0 Å². The number of amides is 2. The molecule has 0 bridgehead atoms. The molecule has 2 aromatic rings. The monoisotopic (exact) mass is 384 g/mol. The zero-order valence-corrected chi connectivity index (χ0v) is 16.3. The van der Waals surface area contributed by atoms with E-state index in [4.69, 9.17) is 4.74 Å². The molecular weight excluding hydrogens is 360 g/mol. The van der Waals surface area contributed by atoms with Gasteiger partial charge in [-0.05, 0) is 25.3 Å². The van der Waals surface area contributed by atoms with Gasteiger partial charge in [-0.2, -0.15) is 0 Å². The summed E-state index contributed by atoms with van der Waals surface area (Å²) in [6, 6.07) is 10.1. The summed E-state index contributed by atoms with van der Waals surface area (Å²) in [5, 5.41) is 1.96. The third-order valence-corrected chi connectivity index (χ3v) is 6.26. The molecule has 0 saturated carbocycles. The lowest BCUT2D eigenvalue weighted by Gasteiger charge is -2.35. The van der Waals surface area contributed by atoms with Crippen molar-refractivity contribution in [2.75, 3.05) is 32.8 Å². The van der Waals surface area contributed by atoms with E-state index in [0.717, 1.165) is 34.4 Å². The second kappa shape index (κ2) is 7.82. The Morgan fingerprint density at radius 3 is 2.44 bits per heavy atom. The predicted octanol–water partition coefficient (Wildman–Crippen LogP) is 3.19. The van der Waals surface area contributed by atoms with Crippen LogP contribution in [0.5, 0.6) is 0 Å². The first kappa shape index (κ1) is 18.2. The Bertz CT molecular complexity index is 819. The van der Waals surface area contributed by atoms with Crippen LogP contribution in [0.1, 0.15) is 28.1 Å². The summed E-state index contributed by atoms with van der Waals surface area (Å²) >= 11 is 1.61. The summed E-state index contributed by atoms with van der Waals surface area (Å²) in [6.45, 7) is 5.03. The van der Waals surface area contributed by atoms with E-state index >= 15 is 0 Å². The fraction of sp³-hybridized carbons (Fsp3) is 0.429. The molecule has 2 aliphatic heterocycles. The van der Waals surface area contributed by atoms with Gasteiger partial charge in [0.25, 0.3) is 11.8 Å². The highest BCUT2D eigenvalue weighted by atomic mass is 32.1. The molecule has 4 rings (SSSR count). The van der Waals surface area contributed by atoms with Gasteiger partial charge >= 0.3 is 0 Å². The van der Waals surface area contributed by atoms with Gasteiger partial charge in [0.1, 0.15) is 6.10 Å². The van der Waals surface area contributed by atoms with E-state index in [1.165, 1.54) is 0 Å². The SMILES string of the molecule is Cc1scc(C(=O)N2CCN(C(=O)[C@@H]3CCCO3)CC2)c1-c1ccccc1. The standard InChI is InChI=1S/C21H24N2O3S/c1-15-19(16-6-3-2-4-7-16)17(14-27-15)20(24)22-9-11-23(12-10-22)21(25)18-8-5-13-26-18/h2-4,6-7,14,18H,5,8-13H2,1H3/t18-/m0/s1. The molecule has 2 saturated heterocycles. The highest BCUT2D eigenvalue weighted by Crippen LogP contribution is 2.33. The molecule has 0 aliphatic carbocycles. The van der Waals surface area contributed by atoms with Crippen LogP contribution in [-0.4, -0.2) is 60.5 Å². The minimum atomic E-state index is -0.281. The van der Waals surface area contributed by atoms with Gasteiger partial charge < -0.3 is 14.5 Å². The molecule has 2 amide bonds. The summed E-state index contributed by atoms with van der Waals surface area (Å²) < 4.78 is 5.51. The van der Waals surface area contributed by atoms with Gasteiger partial charge in [0.2, 0.25) is 0 Å². The van der Waals surface area contributed by atoms with Crippen molar-refractivity contribution in [2.24, 2.45) is 0 Å². The number of hydrogen-bond donors (Lipinski definition) is 0. The predicted molar refractivity (Wildman–Crippen MR) is 106 cm³/mol. The summed E-state index contributed by atoms with van der Waals surface area (Å²) in [7, 11) is 0. The first-order chi connectivity index (χ1) is 13.1.